The largest absolute Gasteiger partial charge is 0.360 e. The average molecular weight is 396 g/mol. The van der Waals surface area contributed by atoms with Gasteiger partial charge in [-0.25, -0.2) is 9.37 Å². The molecule has 8 heteroatoms. The quantitative estimate of drug-likeness (QED) is 0.546. The molecular weight excluding hydrogens is 379 g/mol. The summed E-state index contributed by atoms with van der Waals surface area (Å²) < 4.78 is 20.3. The highest BCUT2D eigenvalue weighted by atomic mass is 32.1. The Hall–Kier alpha value is -3.00. The third-order valence-corrected chi connectivity index (χ3v) is 6.10. The average Bonchev–Trinajstić information content (AvgIpc) is 3.15. The number of amides is 1. The second-order valence-corrected chi connectivity index (χ2v) is 8.03. The number of hydrogen-bond acceptors (Lipinski definition) is 5. The standard InChI is InChI=1S/C20H17FN4O2S/c1-11-18(9-22-19(26)15-8-17(27-24-15)13-2-3-13)28-20-23-16(10-25(11)20)12-4-6-14(21)7-5-12/h4-8,10,13H,2-3,9H2,1H3,(H,22,26). The van der Waals surface area contributed by atoms with Gasteiger partial charge in [-0.05, 0) is 44.0 Å². The summed E-state index contributed by atoms with van der Waals surface area (Å²) in [5, 5.41) is 6.77. The predicted molar refractivity (Wildman–Crippen MR) is 103 cm³/mol. The van der Waals surface area contributed by atoms with Crippen LogP contribution >= 0.6 is 11.3 Å². The van der Waals surface area contributed by atoms with Crippen molar-refractivity contribution in [2.24, 2.45) is 0 Å². The van der Waals surface area contributed by atoms with Gasteiger partial charge in [0.2, 0.25) is 0 Å². The molecule has 3 heterocycles. The number of thiazole rings is 1. The van der Waals surface area contributed by atoms with Crippen LogP contribution in [-0.2, 0) is 6.54 Å². The molecule has 1 fully saturated rings. The van der Waals surface area contributed by atoms with Crippen LogP contribution in [0.1, 0.15) is 45.6 Å². The number of imidazole rings is 1. The molecule has 142 valence electrons. The number of benzene rings is 1. The third kappa shape index (κ3) is 3.09. The minimum Gasteiger partial charge on any atom is -0.360 e. The second kappa shape index (κ2) is 6.56. The Morgan fingerprint density at radius 1 is 1.36 bits per heavy atom. The summed E-state index contributed by atoms with van der Waals surface area (Å²) in [6.07, 6.45) is 4.13. The van der Waals surface area contributed by atoms with Crippen molar-refractivity contribution < 1.29 is 13.7 Å². The summed E-state index contributed by atoms with van der Waals surface area (Å²) >= 11 is 1.52. The molecule has 28 heavy (non-hydrogen) atoms. The van der Waals surface area contributed by atoms with E-state index in [0.717, 1.165) is 45.4 Å². The summed E-state index contributed by atoms with van der Waals surface area (Å²) in [7, 11) is 0. The Balaban J connectivity index is 1.31. The molecule has 1 aliphatic carbocycles. The maximum absolute atomic E-state index is 13.1. The van der Waals surface area contributed by atoms with Crippen LogP contribution in [0, 0.1) is 12.7 Å². The molecule has 0 atom stereocenters. The zero-order valence-electron chi connectivity index (χ0n) is 15.1. The van der Waals surface area contributed by atoms with Crippen molar-refractivity contribution >= 4 is 22.2 Å². The molecule has 1 saturated carbocycles. The van der Waals surface area contributed by atoms with Crippen molar-refractivity contribution in [2.45, 2.75) is 32.2 Å². The van der Waals surface area contributed by atoms with E-state index < -0.39 is 0 Å². The first-order valence-corrected chi connectivity index (χ1v) is 9.88. The molecule has 4 aromatic rings. The monoisotopic (exact) mass is 396 g/mol. The first-order chi connectivity index (χ1) is 13.6. The van der Waals surface area contributed by atoms with Crippen molar-refractivity contribution in [1.29, 1.82) is 0 Å². The van der Waals surface area contributed by atoms with E-state index in [9.17, 15) is 9.18 Å². The number of fused-ring (bicyclic) bond motifs is 1. The minimum absolute atomic E-state index is 0.243. The van der Waals surface area contributed by atoms with E-state index in [1.165, 1.54) is 23.5 Å². The van der Waals surface area contributed by atoms with E-state index in [1.807, 2.05) is 17.5 Å². The Kier molecular flexibility index (Phi) is 4.01. The molecule has 5 rings (SSSR count). The molecule has 0 unspecified atom stereocenters. The van der Waals surface area contributed by atoms with Gasteiger partial charge in [-0.15, -0.1) is 0 Å². The van der Waals surface area contributed by atoms with Gasteiger partial charge in [-0.1, -0.05) is 16.5 Å². The van der Waals surface area contributed by atoms with Crippen LogP contribution in [0.2, 0.25) is 0 Å². The third-order valence-electron chi connectivity index (χ3n) is 4.94. The fourth-order valence-electron chi connectivity index (χ4n) is 3.13. The number of aromatic nitrogens is 3. The lowest BCUT2D eigenvalue weighted by atomic mass is 10.2. The van der Waals surface area contributed by atoms with Gasteiger partial charge in [0, 0.05) is 34.3 Å². The summed E-state index contributed by atoms with van der Waals surface area (Å²) in [4.78, 5) is 18.8. The summed E-state index contributed by atoms with van der Waals surface area (Å²) in [6.45, 7) is 2.39. The molecule has 0 radical (unpaired) electrons. The molecule has 1 aromatic carbocycles. The van der Waals surface area contributed by atoms with Gasteiger partial charge in [0.15, 0.2) is 10.7 Å². The van der Waals surface area contributed by atoms with Crippen molar-refractivity contribution in [3.8, 4) is 11.3 Å². The molecule has 1 amide bonds. The molecule has 6 nitrogen and oxygen atoms in total. The second-order valence-electron chi connectivity index (χ2n) is 6.97. The number of halogens is 1. The molecule has 1 N–H and O–H groups in total. The van der Waals surface area contributed by atoms with Gasteiger partial charge >= 0.3 is 0 Å². The summed E-state index contributed by atoms with van der Waals surface area (Å²) in [5.74, 6) is 0.712. The summed E-state index contributed by atoms with van der Waals surface area (Å²) in [6, 6.07) is 8.01. The normalized spacial score (nSPS) is 13.9. The first kappa shape index (κ1) is 17.1. The maximum atomic E-state index is 13.1. The Labute approximate surface area is 164 Å². The van der Waals surface area contributed by atoms with E-state index in [2.05, 4.69) is 15.5 Å². The highest BCUT2D eigenvalue weighted by molar-refractivity contribution is 7.17. The number of hydrogen-bond donors (Lipinski definition) is 1. The van der Waals surface area contributed by atoms with Gasteiger partial charge in [0.1, 0.15) is 11.6 Å². The van der Waals surface area contributed by atoms with Gasteiger partial charge < -0.3 is 9.84 Å². The zero-order valence-corrected chi connectivity index (χ0v) is 15.9. The van der Waals surface area contributed by atoms with E-state index in [1.54, 1.807) is 18.2 Å². The van der Waals surface area contributed by atoms with Crippen LogP contribution in [0.3, 0.4) is 0 Å². The number of nitrogens with zero attached hydrogens (tertiary/aromatic N) is 3. The predicted octanol–water partition coefficient (Wildman–Crippen LogP) is 4.31. The van der Waals surface area contributed by atoms with E-state index >= 15 is 0 Å². The van der Waals surface area contributed by atoms with Crippen molar-refractivity contribution in [3.63, 3.8) is 0 Å². The summed E-state index contributed by atoms with van der Waals surface area (Å²) in [5.41, 5.74) is 2.99. The number of carbonyl (C=O) groups excluding carboxylic acids is 1. The number of nitrogens with one attached hydrogen (secondary N) is 1. The number of carbonyl (C=O) groups is 1. The van der Waals surface area contributed by atoms with Crippen molar-refractivity contribution in [1.82, 2.24) is 19.9 Å². The molecule has 0 aliphatic heterocycles. The molecule has 0 saturated heterocycles. The van der Waals surface area contributed by atoms with Crippen LogP contribution in [0.5, 0.6) is 0 Å². The van der Waals surface area contributed by atoms with E-state index in [0.29, 0.717) is 18.2 Å². The van der Waals surface area contributed by atoms with Gasteiger partial charge in [0.05, 0.1) is 12.2 Å². The lowest BCUT2D eigenvalue weighted by Gasteiger charge is -2.02. The van der Waals surface area contributed by atoms with Gasteiger partial charge in [-0.2, -0.15) is 0 Å². The zero-order chi connectivity index (χ0) is 19.3. The molecular formula is C20H17FN4O2S. The van der Waals surface area contributed by atoms with Crippen molar-refractivity contribution in [3.05, 3.63) is 64.4 Å². The fraction of sp³-hybridized carbons (Fsp3) is 0.250. The van der Waals surface area contributed by atoms with E-state index in [4.69, 9.17) is 4.52 Å². The smallest absolute Gasteiger partial charge is 0.273 e. The molecule has 0 spiro atoms. The van der Waals surface area contributed by atoms with Crippen LogP contribution < -0.4 is 5.32 Å². The Morgan fingerprint density at radius 2 is 2.14 bits per heavy atom. The lowest BCUT2D eigenvalue weighted by molar-refractivity contribution is 0.0942. The Morgan fingerprint density at radius 3 is 2.86 bits per heavy atom. The first-order valence-electron chi connectivity index (χ1n) is 9.06. The maximum Gasteiger partial charge on any atom is 0.273 e. The Bertz CT molecular complexity index is 1170. The van der Waals surface area contributed by atoms with Gasteiger partial charge in [0.25, 0.3) is 5.91 Å². The van der Waals surface area contributed by atoms with Gasteiger partial charge in [-0.3, -0.25) is 9.20 Å². The highest BCUT2D eigenvalue weighted by Crippen LogP contribution is 2.40. The number of rotatable bonds is 5. The molecule has 0 bridgehead atoms. The number of aryl methyl sites for hydroxylation is 1. The van der Waals surface area contributed by atoms with Crippen LogP contribution in [0.25, 0.3) is 16.2 Å². The van der Waals surface area contributed by atoms with Crippen LogP contribution in [-0.4, -0.2) is 20.4 Å². The van der Waals surface area contributed by atoms with E-state index in [-0.39, 0.29) is 11.7 Å². The lowest BCUT2D eigenvalue weighted by Crippen LogP contribution is -2.23. The van der Waals surface area contributed by atoms with Crippen LogP contribution in [0.4, 0.5) is 4.39 Å². The van der Waals surface area contributed by atoms with Crippen LogP contribution in [0.15, 0.2) is 41.1 Å². The molecule has 1 aliphatic rings. The SMILES string of the molecule is Cc1c(CNC(=O)c2cc(C3CC3)on2)sc2nc(-c3ccc(F)cc3)cn12. The molecule has 3 aromatic heterocycles. The minimum atomic E-state index is -0.268. The fourth-order valence-corrected chi connectivity index (χ4v) is 4.17. The van der Waals surface area contributed by atoms with Crippen molar-refractivity contribution in [2.75, 3.05) is 0 Å². The highest BCUT2D eigenvalue weighted by Gasteiger charge is 2.29. The topological polar surface area (TPSA) is 72.4 Å².